The second kappa shape index (κ2) is 11.5. The normalized spacial score (nSPS) is 11.4. The van der Waals surface area contributed by atoms with Crippen molar-refractivity contribution in [2.45, 2.75) is 4.90 Å². The Bertz CT molecular complexity index is 1540. The molecule has 37 heavy (non-hydrogen) atoms. The highest BCUT2D eigenvalue weighted by atomic mass is 35.5. The summed E-state index contributed by atoms with van der Waals surface area (Å²) in [5.74, 6) is 0.460. The first-order valence-electron chi connectivity index (χ1n) is 10.9. The third kappa shape index (κ3) is 6.14. The van der Waals surface area contributed by atoms with Crippen LogP contribution in [0.2, 0.25) is 10.0 Å². The molecule has 1 heterocycles. The Labute approximate surface area is 224 Å². The van der Waals surface area contributed by atoms with E-state index < -0.39 is 22.5 Å². The van der Waals surface area contributed by atoms with E-state index in [1.807, 2.05) is 0 Å². The van der Waals surface area contributed by atoms with Gasteiger partial charge < -0.3 is 9.15 Å². The van der Waals surface area contributed by atoms with E-state index in [2.05, 4.69) is 10.5 Å². The number of carbonyl (C=O) groups excluding carboxylic acids is 1. The molecule has 4 rings (SSSR count). The van der Waals surface area contributed by atoms with E-state index in [9.17, 15) is 13.2 Å². The topological polar surface area (TPSA) is 101 Å². The van der Waals surface area contributed by atoms with Gasteiger partial charge in [-0.2, -0.15) is 5.10 Å². The van der Waals surface area contributed by atoms with Crippen LogP contribution in [0, 0.1) is 0 Å². The second-order valence-electron chi connectivity index (χ2n) is 7.62. The molecule has 0 bridgehead atoms. The van der Waals surface area contributed by atoms with Gasteiger partial charge in [-0.15, -0.1) is 0 Å². The van der Waals surface area contributed by atoms with Crippen LogP contribution in [0.5, 0.6) is 5.75 Å². The van der Waals surface area contributed by atoms with Crippen LogP contribution in [0.25, 0.3) is 11.3 Å². The molecule has 0 aliphatic rings. The van der Waals surface area contributed by atoms with E-state index in [1.54, 1.807) is 72.8 Å². The Hall–Kier alpha value is -3.79. The SMILES string of the molecule is COc1ccccc1N(CC(=O)N/N=C\c1ccc(-c2ccc(Cl)cc2Cl)o1)S(=O)(=O)c1ccccc1. The Morgan fingerprint density at radius 3 is 2.49 bits per heavy atom. The number of anilines is 1. The van der Waals surface area contributed by atoms with Crippen LogP contribution in [0.15, 0.2) is 99.3 Å². The zero-order valence-corrected chi connectivity index (χ0v) is 21.8. The fourth-order valence-electron chi connectivity index (χ4n) is 3.45. The van der Waals surface area contributed by atoms with Gasteiger partial charge in [0.05, 0.1) is 28.9 Å². The van der Waals surface area contributed by atoms with Crippen molar-refractivity contribution in [2.24, 2.45) is 5.10 Å². The number of carbonyl (C=O) groups is 1. The number of hydrogen-bond acceptors (Lipinski definition) is 6. The fraction of sp³-hybridized carbons (Fsp3) is 0.0769. The maximum Gasteiger partial charge on any atom is 0.264 e. The van der Waals surface area contributed by atoms with Crippen LogP contribution in [0.3, 0.4) is 0 Å². The standard InChI is InChI=1S/C26H21Cl2N3O5S/c1-35-25-10-6-5-9-23(25)31(37(33,34)20-7-3-2-4-8-20)17-26(32)30-29-16-19-12-14-24(36-19)21-13-11-18(27)15-22(21)28/h2-16H,17H2,1H3,(H,30,32)/b29-16-. The number of furan rings is 1. The van der Waals surface area contributed by atoms with Gasteiger partial charge in [-0.25, -0.2) is 13.8 Å². The molecule has 1 N–H and O–H groups in total. The number of amides is 1. The minimum atomic E-state index is -4.09. The van der Waals surface area contributed by atoms with Crippen molar-refractivity contribution in [2.75, 3.05) is 18.0 Å². The molecular weight excluding hydrogens is 537 g/mol. The van der Waals surface area contributed by atoms with E-state index in [-0.39, 0.29) is 10.6 Å². The highest BCUT2D eigenvalue weighted by molar-refractivity contribution is 7.92. The molecule has 8 nitrogen and oxygen atoms in total. The summed E-state index contributed by atoms with van der Waals surface area (Å²) in [5, 5.41) is 4.83. The first-order valence-corrected chi connectivity index (χ1v) is 13.1. The molecule has 0 aliphatic heterocycles. The summed E-state index contributed by atoms with van der Waals surface area (Å²) in [7, 11) is -2.67. The molecule has 0 atom stereocenters. The zero-order valence-electron chi connectivity index (χ0n) is 19.5. The Balaban J connectivity index is 1.52. The molecule has 0 radical (unpaired) electrons. The van der Waals surface area contributed by atoms with Gasteiger partial charge in [0.25, 0.3) is 15.9 Å². The number of methoxy groups -OCH3 is 1. The molecule has 190 valence electrons. The summed E-state index contributed by atoms with van der Waals surface area (Å²) in [6.45, 7) is -0.543. The average Bonchev–Trinajstić information content (AvgIpc) is 3.36. The van der Waals surface area contributed by atoms with Crippen molar-refractivity contribution >= 4 is 51.0 Å². The molecule has 11 heteroatoms. The van der Waals surface area contributed by atoms with Crippen molar-refractivity contribution < 1.29 is 22.4 Å². The summed E-state index contributed by atoms with van der Waals surface area (Å²) in [6, 6.07) is 22.7. The number of nitrogens with zero attached hydrogens (tertiary/aromatic N) is 2. The number of para-hydroxylation sites is 2. The van der Waals surface area contributed by atoms with Gasteiger partial charge in [0.2, 0.25) is 0 Å². The summed E-state index contributed by atoms with van der Waals surface area (Å²) in [6.07, 6.45) is 1.30. The van der Waals surface area contributed by atoms with E-state index in [0.29, 0.717) is 32.9 Å². The molecule has 0 spiro atoms. The lowest BCUT2D eigenvalue weighted by atomic mass is 10.2. The molecule has 0 aliphatic carbocycles. The predicted octanol–water partition coefficient (Wildman–Crippen LogP) is 5.61. The van der Waals surface area contributed by atoms with Crippen LogP contribution in [0.4, 0.5) is 5.69 Å². The minimum Gasteiger partial charge on any atom is -0.495 e. The lowest BCUT2D eigenvalue weighted by Gasteiger charge is -2.25. The lowest BCUT2D eigenvalue weighted by molar-refractivity contribution is -0.119. The molecule has 4 aromatic rings. The Morgan fingerprint density at radius 1 is 1.03 bits per heavy atom. The van der Waals surface area contributed by atoms with Crippen molar-refractivity contribution in [3.63, 3.8) is 0 Å². The number of nitrogens with one attached hydrogen (secondary N) is 1. The van der Waals surface area contributed by atoms with Gasteiger partial charge in [0, 0.05) is 10.6 Å². The first kappa shape index (κ1) is 26.3. The third-order valence-corrected chi connectivity index (χ3v) is 7.50. The van der Waals surface area contributed by atoms with Gasteiger partial charge in [0.15, 0.2) is 0 Å². The Kier molecular flexibility index (Phi) is 8.17. The monoisotopic (exact) mass is 557 g/mol. The maximum absolute atomic E-state index is 13.4. The van der Waals surface area contributed by atoms with Crippen molar-refractivity contribution in [1.82, 2.24) is 5.43 Å². The highest BCUT2D eigenvalue weighted by Gasteiger charge is 2.29. The van der Waals surface area contributed by atoms with Gasteiger partial charge in [-0.1, -0.05) is 53.5 Å². The molecular formula is C26H21Cl2N3O5S. The Morgan fingerprint density at radius 2 is 1.76 bits per heavy atom. The number of hydrogen-bond donors (Lipinski definition) is 1. The van der Waals surface area contributed by atoms with E-state index in [1.165, 1.54) is 25.5 Å². The zero-order chi connectivity index (χ0) is 26.4. The lowest BCUT2D eigenvalue weighted by Crippen LogP contribution is -2.39. The van der Waals surface area contributed by atoms with Gasteiger partial charge >= 0.3 is 0 Å². The van der Waals surface area contributed by atoms with Crippen molar-refractivity contribution in [1.29, 1.82) is 0 Å². The maximum atomic E-state index is 13.4. The van der Waals surface area contributed by atoms with Crippen LogP contribution in [-0.4, -0.2) is 34.2 Å². The highest BCUT2D eigenvalue weighted by Crippen LogP contribution is 2.33. The summed E-state index contributed by atoms with van der Waals surface area (Å²) >= 11 is 12.2. The van der Waals surface area contributed by atoms with E-state index in [4.69, 9.17) is 32.4 Å². The predicted molar refractivity (Wildman–Crippen MR) is 144 cm³/mol. The molecule has 0 unspecified atom stereocenters. The fourth-order valence-corrected chi connectivity index (χ4v) is 5.40. The molecule has 1 aromatic heterocycles. The van der Waals surface area contributed by atoms with Crippen LogP contribution < -0.4 is 14.5 Å². The molecule has 3 aromatic carbocycles. The first-order chi connectivity index (χ1) is 17.8. The van der Waals surface area contributed by atoms with Crippen LogP contribution >= 0.6 is 23.2 Å². The summed E-state index contributed by atoms with van der Waals surface area (Å²) < 4.78 is 38.9. The van der Waals surface area contributed by atoms with Crippen molar-refractivity contribution in [3.05, 3.63) is 101 Å². The average molecular weight is 558 g/mol. The third-order valence-electron chi connectivity index (χ3n) is 5.18. The molecule has 0 saturated heterocycles. The van der Waals surface area contributed by atoms with Gasteiger partial charge in [0.1, 0.15) is 23.8 Å². The smallest absolute Gasteiger partial charge is 0.264 e. The number of benzene rings is 3. The number of hydrazone groups is 1. The number of sulfonamides is 1. The van der Waals surface area contributed by atoms with Gasteiger partial charge in [-0.05, 0) is 54.6 Å². The largest absolute Gasteiger partial charge is 0.495 e. The van der Waals surface area contributed by atoms with Crippen LogP contribution in [-0.2, 0) is 14.8 Å². The van der Waals surface area contributed by atoms with Crippen LogP contribution in [0.1, 0.15) is 5.76 Å². The summed E-state index contributed by atoms with van der Waals surface area (Å²) in [4.78, 5) is 12.8. The second-order valence-corrected chi connectivity index (χ2v) is 10.3. The van der Waals surface area contributed by atoms with E-state index in [0.717, 1.165) is 4.31 Å². The number of rotatable bonds is 9. The minimum absolute atomic E-state index is 0.0289. The number of ether oxygens (including phenoxy) is 1. The van der Waals surface area contributed by atoms with E-state index >= 15 is 0 Å². The van der Waals surface area contributed by atoms with Crippen molar-refractivity contribution in [3.8, 4) is 17.1 Å². The molecule has 0 fully saturated rings. The molecule has 1 amide bonds. The summed E-state index contributed by atoms with van der Waals surface area (Å²) in [5.41, 5.74) is 3.20. The number of halogens is 2. The quantitative estimate of drug-likeness (QED) is 0.213. The molecule has 0 saturated carbocycles. The van der Waals surface area contributed by atoms with Gasteiger partial charge in [-0.3, -0.25) is 9.10 Å².